The smallest absolute Gasteiger partial charge is 0.336 e. The molecule has 36 heavy (non-hydrogen) atoms. The van der Waals surface area contributed by atoms with Crippen LogP contribution in [0.3, 0.4) is 0 Å². The van der Waals surface area contributed by atoms with Crippen molar-refractivity contribution in [2.75, 3.05) is 0 Å². The number of pyridine rings is 1. The molecule has 0 aliphatic rings. The van der Waals surface area contributed by atoms with Crippen molar-refractivity contribution < 1.29 is 19.8 Å². The molecule has 0 fully saturated rings. The monoisotopic (exact) mass is 520 g/mol. The third kappa shape index (κ3) is 6.36. The van der Waals surface area contributed by atoms with Crippen LogP contribution < -0.4 is 5.32 Å². The molecule has 0 aliphatic carbocycles. The number of carbonyl (C=O) groups is 2. The first kappa shape index (κ1) is 25.5. The number of aromatic carboxylic acids is 1. The lowest BCUT2D eigenvalue weighted by Crippen LogP contribution is -2.36. The molecule has 3 N–H and O–H groups in total. The molecule has 0 aliphatic heterocycles. The Labute approximate surface area is 218 Å². The topological polar surface area (TPSA) is 99.5 Å². The Kier molecular flexibility index (Phi) is 8.13. The first-order valence-electron chi connectivity index (χ1n) is 11.5. The van der Waals surface area contributed by atoms with Crippen molar-refractivity contribution in [3.8, 4) is 5.75 Å². The van der Waals surface area contributed by atoms with Gasteiger partial charge in [-0.25, -0.2) is 9.78 Å². The van der Waals surface area contributed by atoms with E-state index in [1.165, 1.54) is 6.07 Å². The molecule has 0 radical (unpaired) electrons. The van der Waals surface area contributed by atoms with Gasteiger partial charge in [-0.15, -0.1) is 11.8 Å². The number of phenols is 1. The highest BCUT2D eigenvalue weighted by Crippen LogP contribution is 2.27. The van der Waals surface area contributed by atoms with E-state index < -0.39 is 11.9 Å². The second-order valence-corrected chi connectivity index (χ2v) is 9.89. The Bertz CT molecular complexity index is 1390. The number of aromatic hydroxyl groups is 1. The molecule has 0 saturated carbocycles. The third-order valence-corrected chi connectivity index (χ3v) is 7.14. The standard InChI is InChI=1S/C28H25ClN2O4S/c1-2-20(13-17-3-8-21(32)9-4-17)30-27(33)26-15-24(28(34)35)23-14-18(5-12-25(23)31-26)16-36-22-10-6-19(29)7-11-22/h3-12,14-15,20,32H,2,13,16H2,1H3,(H,30,33)(H,34,35)/t20-/m1/s1. The zero-order valence-electron chi connectivity index (χ0n) is 19.6. The quantitative estimate of drug-likeness (QED) is 0.223. The minimum absolute atomic E-state index is 0.0371. The van der Waals surface area contributed by atoms with Crippen LogP contribution in [0, 0.1) is 0 Å². The van der Waals surface area contributed by atoms with Crippen LogP contribution in [0.2, 0.25) is 5.02 Å². The summed E-state index contributed by atoms with van der Waals surface area (Å²) in [6, 6.07) is 21.0. The summed E-state index contributed by atoms with van der Waals surface area (Å²) < 4.78 is 0. The summed E-state index contributed by atoms with van der Waals surface area (Å²) >= 11 is 7.56. The average Bonchev–Trinajstić information content (AvgIpc) is 2.88. The van der Waals surface area contributed by atoms with Crippen LogP contribution in [0.1, 0.15) is 45.3 Å². The lowest BCUT2D eigenvalue weighted by atomic mass is 10.0. The molecule has 8 heteroatoms. The lowest BCUT2D eigenvalue weighted by Gasteiger charge is -2.17. The van der Waals surface area contributed by atoms with E-state index in [1.54, 1.807) is 30.0 Å². The van der Waals surface area contributed by atoms with Crippen molar-refractivity contribution in [3.63, 3.8) is 0 Å². The summed E-state index contributed by atoms with van der Waals surface area (Å²) in [5.74, 6) is -0.708. The maximum atomic E-state index is 13.0. The fourth-order valence-electron chi connectivity index (χ4n) is 3.83. The van der Waals surface area contributed by atoms with Crippen LogP contribution in [0.15, 0.2) is 77.7 Å². The van der Waals surface area contributed by atoms with Gasteiger partial charge in [0.2, 0.25) is 0 Å². The molecule has 4 aromatic rings. The van der Waals surface area contributed by atoms with E-state index in [1.807, 2.05) is 55.5 Å². The van der Waals surface area contributed by atoms with Crippen LogP contribution in [0.5, 0.6) is 5.75 Å². The maximum absolute atomic E-state index is 13.0. The zero-order valence-corrected chi connectivity index (χ0v) is 21.1. The largest absolute Gasteiger partial charge is 0.508 e. The van der Waals surface area contributed by atoms with Gasteiger partial charge in [0.1, 0.15) is 11.4 Å². The Morgan fingerprint density at radius 1 is 1.00 bits per heavy atom. The van der Waals surface area contributed by atoms with Gasteiger partial charge in [0, 0.05) is 27.1 Å². The molecule has 4 rings (SSSR count). The molecule has 6 nitrogen and oxygen atoms in total. The zero-order chi connectivity index (χ0) is 25.7. The molecule has 0 saturated heterocycles. The van der Waals surface area contributed by atoms with E-state index in [0.717, 1.165) is 16.0 Å². The Morgan fingerprint density at radius 2 is 1.69 bits per heavy atom. The van der Waals surface area contributed by atoms with Crippen molar-refractivity contribution in [2.45, 2.75) is 36.5 Å². The van der Waals surface area contributed by atoms with Gasteiger partial charge in [-0.2, -0.15) is 0 Å². The van der Waals surface area contributed by atoms with E-state index in [9.17, 15) is 19.8 Å². The molecule has 1 heterocycles. The van der Waals surface area contributed by atoms with Crippen LogP contribution in [0.4, 0.5) is 0 Å². The summed E-state index contributed by atoms with van der Waals surface area (Å²) in [6.07, 6.45) is 1.26. The number of carboxylic acids is 1. The number of phenolic OH excluding ortho intramolecular Hbond substituents is 1. The summed E-state index contributed by atoms with van der Waals surface area (Å²) in [6.45, 7) is 1.96. The molecule has 184 valence electrons. The number of nitrogens with one attached hydrogen (secondary N) is 1. The fourth-order valence-corrected chi connectivity index (χ4v) is 4.79. The molecule has 1 amide bonds. The number of amides is 1. The summed E-state index contributed by atoms with van der Waals surface area (Å²) in [4.78, 5) is 30.6. The van der Waals surface area contributed by atoms with Gasteiger partial charge in [-0.3, -0.25) is 4.79 Å². The van der Waals surface area contributed by atoms with Crippen LogP contribution in [-0.4, -0.2) is 33.1 Å². The van der Waals surface area contributed by atoms with E-state index in [2.05, 4.69) is 10.3 Å². The number of benzene rings is 3. The molecule has 1 atom stereocenters. The van der Waals surface area contributed by atoms with Crippen LogP contribution in [0.25, 0.3) is 10.9 Å². The van der Waals surface area contributed by atoms with Gasteiger partial charge in [0.25, 0.3) is 5.91 Å². The molecule has 0 bridgehead atoms. The number of aromatic nitrogens is 1. The Hall–Kier alpha value is -3.55. The van der Waals surface area contributed by atoms with Gasteiger partial charge < -0.3 is 15.5 Å². The number of thioether (sulfide) groups is 1. The Balaban J connectivity index is 1.54. The second kappa shape index (κ2) is 11.5. The third-order valence-electron chi connectivity index (χ3n) is 5.80. The number of hydrogen-bond donors (Lipinski definition) is 3. The summed E-state index contributed by atoms with van der Waals surface area (Å²) in [7, 11) is 0. The highest BCUT2D eigenvalue weighted by atomic mass is 35.5. The predicted octanol–water partition coefficient (Wildman–Crippen LogP) is 6.34. The first-order chi connectivity index (χ1) is 17.3. The highest BCUT2D eigenvalue weighted by molar-refractivity contribution is 7.98. The van der Waals surface area contributed by atoms with Gasteiger partial charge in [0.05, 0.1) is 11.1 Å². The Morgan fingerprint density at radius 3 is 2.36 bits per heavy atom. The number of fused-ring (bicyclic) bond motifs is 1. The maximum Gasteiger partial charge on any atom is 0.336 e. The molecular weight excluding hydrogens is 496 g/mol. The van der Waals surface area contributed by atoms with Crippen molar-refractivity contribution >= 4 is 46.1 Å². The number of hydrogen-bond acceptors (Lipinski definition) is 5. The fraction of sp³-hybridized carbons (Fsp3) is 0.179. The normalized spacial score (nSPS) is 11.8. The molecular formula is C28H25ClN2O4S. The van der Waals surface area contributed by atoms with Crippen molar-refractivity contribution in [3.05, 3.63) is 100 Å². The minimum Gasteiger partial charge on any atom is -0.508 e. The van der Waals surface area contributed by atoms with Gasteiger partial charge in [-0.05, 0) is 78.6 Å². The van der Waals surface area contributed by atoms with Gasteiger partial charge in [-0.1, -0.05) is 36.7 Å². The van der Waals surface area contributed by atoms with Gasteiger partial charge in [0.15, 0.2) is 0 Å². The minimum atomic E-state index is -1.12. The van der Waals surface area contributed by atoms with Crippen molar-refractivity contribution in [2.24, 2.45) is 0 Å². The number of carboxylic acid groups (broad SMARTS) is 1. The summed E-state index contributed by atoms with van der Waals surface area (Å²) in [5, 5.41) is 23.5. The van der Waals surface area contributed by atoms with Crippen LogP contribution >= 0.6 is 23.4 Å². The van der Waals surface area contributed by atoms with E-state index in [-0.39, 0.29) is 23.0 Å². The average molecular weight is 521 g/mol. The number of nitrogens with zero attached hydrogens (tertiary/aromatic N) is 1. The highest BCUT2D eigenvalue weighted by Gasteiger charge is 2.19. The van der Waals surface area contributed by atoms with Crippen LogP contribution in [-0.2, 0) is 12.2 Å². The predicted molar refractivity (Wildman–Crippen MR) is 143 cm³/mol. The second-order valence-electron chi connectivity index (χ2n) is 8.40. The van der Waals surface area contributed by atoms with E-state index in [0.29, 0.717) is 34.5 Å². The first-order valence-corrected chi connectivity index (χ1v) is 12.8. The molecule has 1 aromatic heterocycles. The lowest BCUT2D eigenvalue weighted by molar-refractivity contribution is 0.0699. The van der Waals surface area contributed by atoms with Gasteiger partial charge >= 0.3 is 5.97 Å². The SMILES string of the molecule is CC[C@H](Cc1ccc(O)cc1)NC(=O)c1cc(C(=O)O)c2cc(CSc3ccc(Cl)cc3)ccc2n1. The van der Waals surface area contributed by atoms with E-state index >= 15 is 0 Å². The number of carbonyl (C=O) groups excluding carboxylic acids is 1. The number of halogens is 1. The van der Waals surface area contributed by atoms with Crippen molar-refractivity contribution in [1.82, 2.24) is 10.3 Å². The molecule has 0 spiro atoms. The summed E-state index contributed by atoms with van der Waals surface area (Å²) in [5.41, 5.74) is 2.47. The molecule has 0 unspecified atom stereocenters. The number of rotatable bonds is 9. The molecule has 3 aromatic carbocycles. The van der Waals surface area contributed by atoms with E-state index in [4.69, 9.17) is 11.6 Å². The van der Waals surface area contributed by atoms with Crippen molar-refractivity contribution in [1.29, 1.82) is 0 Å².